The monoisotopic (exact) mass is 325 g/mol. The van der Waals surface area contributed by atoms with Gasteiger partial charge in [0.1, 0.15) is 11.4 Å². The minimum absolute atomic E-state index is 0.00639. The molecule has 0 spiro atoms. The first-order valence-corrected chi connectivity index (χ1v) is 7.32. The molecule has 0 unspecified atom stereocenters. The van der Waals surface area contributed by atoms with Crippen LogP contribution in [-0.2, 0) is 4.74 Å². The summed E-state index contributed by atoms with van der Waals surface area (Å²) < 4.78 is 10.6. The number of carbonyl (C=O) groups excluding carboxylic acids is 1. The summed E-state index contributed by atoms with van der Waals surface area (Å²) in [4.78, 5) is 16.2. The molecule has 7 heteroatoms. The Hall–Kier alpha value is -3.35. The number of carbonyl (C=O) groups is 1. The number of nitrogens with zero attached hydrogens (tertiary/aromatic N) is 2. The standard InChI is InChI=1S/C17H15N3O4/c1-2-23-17(22)12-10-11-6-5-7-13(21)15(11)24-16(12)20-19-14-8-3-4-9-18-14/h3-10,21H,2H2,1H3,(H,18,19)/b20-16+. The van der Waals surface area contributed by atoms with Gasteiger partial charge in [0, 0.05) is 11.6 Å². The number of phenolic OH excluding ortho intramolecular Hbond substituents is 1. The van der Waals surface area contributed by atoms with E-state index in [2.05, 4.69) is 15.5 Å². The Balaban J connectivity index is 2.13. The fourth-order valence-electron chi connectivity index (χ4n) is 2.11. The van der Waals surface area contributed by atoms with Crippen LogP contribution in [0, 0.1) is 0 Å². The van der Waals surface area contributed by atoms with Crippen LogP contribution in [0.1, 0.15) is 17.3 Å². The molecule has 0 aliphatic carbocycles. The van der Waals surface area contributed by atoms with Crippen molar-refractivity contribution in [3.63, 3.8) is 0 Å². The minimum Gasteiger partial charge on any atom is -0.504 e. The third-order valence-corrected chi connectivity index (χ3v) is 3.19. The van der Waals surface area contributed by atoms with Crippen molar-refractivity contribution in [1.29, 1.82) is 0 Å². The lowest BCUT2D eigenvalue weighted by Crippen LogP contribution is -2.19. The number of hydrogen-bond donors (Lipinski definition) is 2. The van der Waals surface area contributed by atoms with Crippen LogP contribution in [0.3, 0.4) is 0 Å². The van der Waals surface area contributed by atoms with Crippen molar-refractivity contribution in [2.24, 2.45) is 5.10 Å². The number of benzene rings is 1. The largest absolute Gasteiger partial charge is 0.504 e. The van der Waals surface area contributed by atoms with Gasteiger partial charge in [0.15, 0.2) is 11.3 Å². The fourth-order valence-corrected chi connectivity index (χ4v) is 2.11. The maximum atomic E-state index is 12.2. The number of aromatic nitrogens is 1. The minimum atomic E-state index is -0.562. The first-order valence-electron chi connectivity index (χ1n) is 7.32. The Kier molecular flexibility index (Phi) is 4.42. The van der Waals surface area contributed by atoms with Crippen molar-refractivity contribution in [2.75, 3.05) is 12.0 Å². The van der Waals surface area contributed by atoms with Crippen molar-refractivity contribution in [3.05, 3.63) is 59.8 Å². The summed E-state index contributed by atoms with van der Waals surface area (Å²) in [5, 5.41) is 14.6. The molecular formula is C17H15N3O4. The van der Waals surface area contributed by atoms with Crippen LogP contribution in [-0.4, -0.2) is 22.7 Å². The van der Waals surface area contributed by atoms with Crippen LogP contribution in [0.2, 0.25) is 0 Å². The Morgan fingerprint density at radius 1 is 1.33 bits per heavy atom. The van der Waals surface area contributed by atoms with E-state index in [0.717, 1.165) is 0 Å². The average molecular weight is 325 g/mol. The lowest BCUT2D eigenvalue weighted by molar-refractivity contribution is 0.0521. The zero-order valence-corrected chi connectivity index (χ0v) is 12.9. The molecule has 3 rings (SSSR count). The van der Waals surface area contributed by atoms with Gasteiger partial charge in [-0.25, -0.2) is 9.78 Å². The zero-order valence-electron chi connectivity index (χ0n) is 12.9. The molecule has 24 heavy (non-hydrogen) atoms. The van der Waals surface area contributed by atoms with Crippen molar-refractivity contribution in [1.82, 2.24) is 4.98 Å². The predicted molar refractivity (Wildman–Crippen MR) is 87.3 cm³/mol. The summed E-state index contributed by atoms with van der Waals surface area (Å²) in [7, 11) is 0. The van der Waals surface area contributed by atoms with Gasteiger partial charge in [-0.05, 0) is 31.2 Å². The predicted octanol–water partition coefficient (Wildman–Crippen LogP) is 2.64. The van der Waals surface area contributed by atoms with E-state index < -0.39 is 5.97 Å². The molecule has 0 saturated carbocycles. The summed E-state index contributed by atoms with van der Waals surface area (Å²) in [6.45, 7) is 1.94. The molecular weight excluding hydrogens is 310 g/mol. The second kappa shape index (κ2) is 6.82. The smallest absolute Gasteiger partial charge is 0.343 e. The maximum absolute atomic E-state index is 12.2. The molecule has 0 fully saturated rings. The van der Waals surface area contributed by atoms with Gasteiger partial charge >= 0.3 is 5.97 Å². The fraction of sp³-hybridized carbons (Fsp3) is 0.118. The van der Waals surface area contributed by atoms with Crippen LogP contribution >= 0.6 is 0 Å². The second-order valence-corrected chi connectivity index (χ2v) is 4.82. The van der Waals surface area contributed by atoms with Crippen molar-refractivity contribution < 1.29 is 19.1 Å². The van der Waals surface area contributed by atoms with Gasteiger partial charge in [-0.15, -0.1) is 5.10 Å². The van der Waals surface area contributed by atoms with Gasteiger partial charge in [-0.2, -0.15) is 0 Å². The Bertz CT molecular complexity index is 935. The molecule has 0 amide bonds. The molecule has 122 valence electrons. The molecule has 2 aromatic heterocycles. The number of phenols is 1. The highest BCUT2D eigenvalue weighted by molar-refractivity contribution is 5.93. The molecule has 0 aliphatic rings. The van der Waals surface area contributed by atoms with Gasteiger partial charge < -0.3 is 14.3 Å². The SMILES string of the molecule is CCOC(=O)c1cc2cccc(O)c2o/c1=N/Nc1ccccn1. The summed E-state index contributed by atoms with van der Waals surface area (Å²) in [6.07, 6.45) is 1.60. The van der Waals surface area contributed by atoms with Gasteiger partial charge in [0.05, 0.1) is 6.61 Å². The van der Waals surface area contributed by atoms with E-state index in [-0.39, 0.29) is 29.1 Å². The number of pyridine rings is 1. The van der Waals surface area contributed by atoms with E-state index >= 15 is 0 Å². The third kappa shape index (κ3) is 3.19. The second-order valence-electron chi connectivity index (χ2n) is 4.82. The van der Waals surface area contributed by atoms with E-state index in [0.29, 0.717) is 11.2 Å². The average Bonchev–Trinajstić information content (AvgIpc) is 2.61. The molecule has 3 aromatic rings. The number of esters is 1. The van der Waals surface area contributed by atoms with E-state index in [9.17, 15) is 9.90 Å². The first kappa shape index (κ1) is 15.5. The Morgan fingerprint density at radius 2 is 2.21 bits per heavy atom. The van der Waals surface area contributed by atoms with E-state index in [1.54, 1.807) is 49.5 Å². The van der Waals surface area contributed by atoms with Crippen LogP contribution in [0.5, 0.6) is 5.75 Å². The third-order valence-electron chi connectivity index (χ3n) is 3.19. The highest BCUT2D eigenvalue weighted by Crippen LogP contribution is 2.23. The molecule has 2 heterocycles. The molecule has 0 saturated heterocycles. The Morgan fingerprint density at radius 3 is 2.96 bits per heavy atom. The highest BCUT2D eigenvalue weighted by Gasteiger charge is 2.15. The summed E-state index contributed by atoms with van der Waals surface area (Å²) in [6, 6.07) is 11.7. The number of aromatic hydroxyl groups is 1. The summed E-state index contributed by atoms with van der Waals surface area (Å²) in [5.74, 6) is -0.120. The molecule has 2 N–H and O–H groups in total. The molecule has 0 aliphatic heterocycles. The van der Waals surface area contributed by atoms with E-state index in [1.165, 1.54) is 6.07 Å². The summed E-state index contributed by atoms with van der Waals surface area (Å²) >= 11 is 0. The van der Waals surface area contributed by atoms with Crippen LogP contribution < -0.4 is 11.0 Å². The number of fused-ring (bicyclic) bond motifs is 1. The van der Waals surface area contributed by atoms with Gasteiger partial charge in [0.2, 0.25) is 0 Å². The molecule has 1 aromatic carbocycles. The van der Waals surface area contributed by atoms with Crippen molar-refractivity contribution >= 4 is 22.8 Å². The van der Waals surface area contributed by atoms with E-state index in [4.69, 9.17) is 9.15 Å². The number of ether oxygens (including phenoxy) is 1. The molecule has 7 nitrogen and oxygen atoms in total. The molecule has 0 bridgehead atoms. The summed E-state index contributed by atoms with van der Waals surface area (Å²) in [5.41, 5.74) is 3.09. The number of hydrogen-bond acceptors (Lipinski definition) is 7. The number of anilines is 1. The lowest BCUT2D eigenvalue weighted by Gasteiger charge is -2.06. The highest BCUT2D eigenvalue weighted by atomic mass is 16.5. The number of para-hydroxylation sites is 1. The van der Waals surface area contributed by atoms with Crippen LogP contribution in [0.15, 0.2) is 58.2 Å². The van der Waals surface area contributed by atoms with Crippen LogP contribution in [0.4, 0.5) is 5.82 Å². The number of nitrogens with one attached hydrogen (secondary N) is 1. The van der Waals surface area contributed by atoms with Crippen molar-refractivity contribution in [2.45, 2.75) is 6.92 Å². The topological polar surface area (TPSA) is 97.0 Å². The molecule has 0 atom stereocenters. The maximum Gasteiger partial charge on any atom is 0.343 e. The van der Waals surface area contributed by atoms with Gasteiger partial charge in [0.25, 0.3) is 5.55 Å². The van der Waals surface area contributed by atoms with Crippen LogP contribution in [0.25, 0.3) is 11.0 Å². The lowest BCUT2D eigenvalue weighted by atomic mass is 10.2. The number of rotatable bonds is 4. The van der Waals surface area contributed by atoms with Crippen molar-refractivity contribution in [3.8, 4) is 5.75 Å². The van der Waals surface area contributed by atoms with E-state index in [1.807, 2.05) is 0 Å². The Labute approximate surface area is 137 Å². The first-order chi connectivity index (χ1) is 11.7. The molecule has 0 radical (unpaired) electrons. The zero-order chi connectivity index (χ0) is 16.9. The van der Waals surface area contributed by atoms with Gasteiger partial charge in [-0.1, -0.05) is 18.2 Å². The quantitative estimate of drug-likeness (QED) is 0.565. The normalized spacial score (nSPS) is 11.5. The van der Waals surface area contributed by atoms with Gasteiger partial charge in [-0.3, -0.25) is 5.43 Å².